The predicted octanol–water partition coefficient (Wildman–Crippen LogP) is 6.13. The molecular weight excluding hydrogens is 474 g/mol. The van der Waals surface area contributed by atoms with Crippen LogP contribution in [0.1, 0.15) is 109 Å². The number of carbonyl (C=O) groups is 2. The summed E-state index contributed by atoms with van der Waals surface area (Å²) in [5, 5.41) is 13.9. The molecule has 2 aromatic carbocycles. The monoisotopic (exact) mass is 521 g/mol. The number of aryl methyl sites for hydroxylation is 1. The maximum atomic E-state index is 14.0. The molecular formula is C32H47N3O3. The first-order valence-corrected chi connectivity index (χ1v) is 14.5. The van der Waals surface area contributed by atoms with Crippen LogP contribution >= 0.6 is 0 Å². The lowest BCUT2D eigenvalue weighted by Crippen LogP contribution is -2.40. The molecule has 0 aromatic heterocycles. The zero-order chi connectivity index (χ0) is 27.5. The number of nitrogens with zero attached hydrogens (tertiary/aromatic N) is 1. The Morgan fingerprint density at radius 1 is 1.03 bits per heavy atom. The molecule has 0 heterocycles. The largest absolute Gasteiger partial charge is 0.478 e. The van der Waals surface area contributed by atoms with Crippen LogP contribution < -0.4 is 11.1 Å². The van der Waals surface area contributed by atoms with Crippen molar-refractivity contribution >= 4 is 11.9 Å². The van der Waals surface area contributed by atoms with Gasteiger partial charge in [0.05, 0.1) is 5.56 Å². The van der Waals surface area contributed by atoms with Crippen LogP contribution in [0.15, 0.2) is 42.5 Å². The van der Waals surface area contributed by atoms with Gasteiger partial charge in [-0.15, -0.1) is 0 Å². The molecule has 0 bridgehead atoms. The molecule has 3 rings (SSSR count). The van der Waals surface area contributed by atoms with Crippen molar-refractivity contribution in [2.24, 2.45) is 11.7 Å². The highest BCUT2D eigenvalue weighted by Crippen LogP contribution is 2.34. The maximum Gasteiger partial charge on any atom is 0.336 e. The van der Waals surface area contributed by atoms with Gasteiger partial charge in [0.25, 0.3) is 5.91 Å². The third kappa shape index (κ3) is 8.15. The number of nitrogens with one attached hydrogen (secondary N) is 1. The molecule has 208 valence electrons. The molecule has 0 unspecified atom stereocenters. The molecule has 38 heavy (non-hydrogen) atoms. The number of aromatic carboxylic acids is 1. The summed E-state index contributed by atoms with van der Waals surface area (Å²) in [7, 11) is 0. The molecule has 2 aromatic rings. The molecule has 4 N–H and O–H groups in total. The van der Waals surface area contributed by atoms with Crippen molar-refractivity contribution in [2.45, 2.75) is 90.6 Å². The van der Waals surface area contributed by atoms with Gasteiger partial charge in [0.2, 0.25) is 0 Å². The van der Waals surface area contributed by atoms with E-state index in [1.807, 2.05) is 36.1 Å². The first-order chi connectivity index (χ1) is 18.3. The second-order valence-corrected chi connectivity index (χ2v) is 11.0. The van der Waals surface area contributed by atoms with Gasteiger partial charge in [0, 0.05) is 43.7 Å². The molecule has 2 atom stereocenters. The molecule has 1 fully saturated rings. The Labute approximate surface area is 229 Å². The molecule has 0 saturated heterocycles. The zero-order valence-electron chi connectivity index (χ0n) is 23.5. The van der Waals surface area contributed by atoms with E-state index >= 15 is 0 Å². The Bertz CT molecular complexity index is 1030. The third-order valence-electron chi connectivity index (χ3n) is 7.81. The van der Waals surface area contributed by atoms with Crippen molar-refractivity contribution in [1.82, 2.24) is 10.2 Å². The second kappa shape index (κ2) is 15.0. The first kappa shape index (κ1) is 29.9. The quantitative estimate of drug-likeness (QED) is 0.278. The van der Waals surface area contributed by atoms with Gasteiger partial charge in [-0.1, -0.05) is 76.3 Å². The number of rotatable bonds is 14. The Balaban J connectivity index is 2.03. The lowest BCUT2D eigenvalue weighted by molar-refractivity contribution is 0.0694. The fourth-order valence-corrected chi connectivity index (χ4v) is 5.98. The highest BCUT2D eigenvalue weighted by molar-refractivity contribution is 6.00. The Morgan fingerprint density at radius 2 is 1.66 bits per heavy atom. The number of amides is 1. The van der Waals surface area contributed by atoms with Crippen molar-refractivity contribution in [3.8, 4) is 0 Å². The van der Waals surface area contributed by atoms with E-state index in [4.69, 9.17) is 5.73 Å². The van der Waals surface area contributed by atoms with Crippen LogP contribution in [-0.4, -0.2) is 47.6 Å². The van der Waals surface area contributed by atoms with Crippen LogP contribution in [-0.2, 0) is 6.54 Å². The smallest absolute Gasteiger partial charge is 0.336 e. The molecule has 1 amide bonds. The summed E-state index contributed by atoms with van der Waals surface area (Å²) < 4.78 is 0. The van der Waals surface area contributed by atoms with Crippen LogP contribution in [0.25, 0.3) is 0 Å². The number of hydrogen-bond donors (Lipinski definition) is 3. The average molecular weight is 522 g/mol. The summed E-state index contributed by atoms with van der Waals surface area (Å²) in [5.41, 5.74) is 10.2. The van der Waals surface area contributed by atoms with Gasteiger partial charge < -0.3 is 21.1 Å². The topological polar surface area (TPSA) is 95.7 Å². The van der Waals surface area contributed by atoms with E-state index in [0.29, 0.717) is 43.2 Å². The molecule has 0 aliphatic heterocycles. The summed E-state index contributed by atoms with van der Waals surface area (Å²) in [6.45, 7) is 8.44. The minimum Gasteiger partial charge on any atom is -0.478 e. The number of nitrogens with two attached hydrogens (primary N) is 1. The maximum absolute atomic E-state index is 14.0. The molecule has 1 aliphatic rings. The van der Waals surface area contributed by atoms with E-state index in [2.05, 4.69) is 31.3 Å². The van der Waals surface area contributed by atoms with Crippen molar-refractivity contribution < 1.29 is 14.7 Å². The summed E-state index contributed by atoms with van der Waals surface area (Å²) >= 11 is 0. The summed E-state index contributed by atoms with van der Waals surface area (Å²) in [5.74, 6) is -0.845. The van der Waals surface area contributed by atoms with Crippen LogP contribution in [0, 0.1) is 12.8 Å². The van der Waals surface area contributed by atoms with Crippen molar-refractivity contribution in [3.05, 3.63) is 70.3 Å². The van der Waals surface area contributed by atoms with Crippen molar-refractivity contribution in [2.75, 3.05) is 19.6 Å². The minimum atomic E-state index is -1.01. The number of carbonyl (C=O) groups excluding carboxylic acids is 1. The number of hydrogen-bond acceptors (Lipinski definition) is 4. The highest BCUT2D eigenvalue weighted by atomic mass is 16.4. The van der Waals surface area contributed by atoms with E-state index in [-0.39, 0.29) is 23.4 Å². The van der Waals surface area contributed by atoms with Crippen LogP contribution in [0.4, 0.5) is 0 Å². The van der Waals surface area contributed by atoms with Gasteiger partial charge in [0.15, 0.2) is 0 Å². The van der Waals surface area contributed by atoms with E-state index in [0.717, 1.165) is 30.4 Å². The number of benzene rings is 2. The molecule has 1 aliphatic carbocycles. The van der Waals surface area contributed by atoms with Crippen LogP contribution in [0.5, 0.6) is 0 Å². The van der Waals surface area contributed by atoms with Gasteiger partial charge in [-0.05, 0) is 60.9 Å². The fraction of sp³-hybridized carbons (Fsp3) is 0.562. The van der Waals surface area contributed by atoms with Gasteiger partial charge in [-0.3, -0.25) is 4.79 Å². The average Bonchev–Trinajstić information content (AvgIpc) is 2.91. The molecule has 1 saturated carbocycles. The van der Waals surface area contributed by atoms with E-state index < -0.39 is 5.97 Å². The van der Waals surface area contributed by atoms with E-state index in [9.17, 15) is 14.7 Å². The predicted molar refractivity (Wildman–Crippen MR) is 155 cm³/mol. The SMILES string of the molecule is CCCN(CCC)C(=O)c1cc(C)cc(C(=O)O)c1[C@H](CNCc1ccccc1)[C@@H](N)CC1CCCCC1. The zero-order valence-corrected chi connectivity index (χ0v) is 23.5. The Morgan fingerprint density at radius 3 is 2.26 bits per heavy atom. The first-order valence-electron chi connectivity index (χ1n) is 14.5. The lowest BCUT2D eigenvalue weighted by atomic mass is 9.77. The summed E-state index contributed by atoms with van der Waals surface area (Å²) in [6.07, 6.45) is 8.61. The Hall–Kier alpha value is -2.70. The normalized spacial score (nSPS) is 15.7. The van der Waals surface area contributed by atoms with Crippen molar-refractivity contribution in [1.29, 1.82) is 0 Å². The second-order valence-electron chi connectivity index (χ2n) is 11.0. The van der Waals surface area contributed by atoms with Crippen molar-refractivity contribution in [3.63, 3.8) is 0 Å². The Kier molecular flexibility index (Phi) is 11.8. The van der Waals surface area contributed by atoms with Gasteiger partial charge in [-0.25, -0.2) is 4.79 Å². The lowest BCUT2D eigenvalue weighted by Gasteiger charge is -2.33. The van der Waals surface area contributed by atoms with E-state index in [1.165, 1.54) is 32.1 Å². The number of carboxylic acid groups (broad SMARTS) is 1. The van der Waals surface area contributed by atoms with Gasteiger partial charge in [-0.2, -0.15) is 0 Å². The molecule has 0 spiro atoms. The highest BCUT2D eigenvalue weighted by Gasteiger charge is 2.32. The van der Waals surface area contributed by atoms with E-state index in [1.54, 1.807) is 6.07 Å². The summed E-state index contributed by atoms with van der Waals surface area (Å²) in [6, 6.07) is 13.5. The van der Waals surface area contributed by atoms with Gasteiger partial charge in [0.1, 0.15) is 0 Å². The summed E-state index contributed by atoms with van der Waals surface area (Å²) in [4.78, 5) is 28.4. The number of carboxylic acids is 1. The molecule has 6 heteroatoms. The third-order valence-corrected chi connectivity index (χ3v) is 7.81. The van der Waals surface area contributed by atoms with Crippen LogP contribution in [0.2, 0.25) is 0 Å². The van der Waals surface area contributed by atoms with Crippen LogP contribution in [0.3, 0.4) is 0 Å². The fourth-order valence-electron chi connectivity index (χ4n) is 5.98. The molecule has 0 radical (unpaired) electrons. The van der Waals surface area contributed by atoms with Gasteiger partial charge >= 0.3 is 5.97 Å². The minimum absolute atomic E-state index is 0.0900. The molecule has 6 nitrogen and oxygen atoms in total. The standard InChI is InChI=1S/C32H47N3O3/c1-4-16-35(17-5-2)31(36)26-18-23(3)19-27(32(37)38)30(26)28(22-34-21-25-14-10-7-11-15-25)29(33)20-24-12-8-6-9-13-24/h7,10-11,14-15,18-19,24,28-29,34H,4-6,8-9,12-13,16-17,20-22,33H2,1-3H3,(H,37,38)/t28-,29+/m1/s1.